The van der Waals surface area contributed by atoms with Crippen LogP contribution in [0.1, 0.15) is 18.9 Å². The van der Waals surface area contributed by atoms with E-state index in [9.17, 15) is 23.1 Å². The first-order chi connectivity index (χ1) is 9.28. The third-order valence-electron chi connectivity index (χ3n) is 2.20. The van der Waals surface area contributed by atoms with Crippen LogP contribution < -0.4 is 10.1 Å². The number of phenols is 1. The molecule has 1 rings (SSSR count). The van der Waals surface area contributed by atoms with Crippen LogP contribution in [0.3, 0.4) is 0 Å². The number of benzene rings is 1. The van der Waals surface area contributed by atoms with E-state index in [0.717, 1.165) is 18.2 Å². The predicted octanol–water partition coefficient (Wildman–Crippen LogP) is 2.83. The standard InChI is InChI=1S/C13H14F3NO3/c1-9(18)17-7-3-2-4-10-8-11(19)5-6-12(10)20-13(14,15)16/h2,4-6,8,19H,3,7H2,1H3,(H,17,18). The molecule has 2 N–H and O–H groups in total. The molecule has 20 heavy (non-hydrogen) atoms. The maximum atomic E-state index is 12.2. The van der Waals surface area contributed by atoms with Crippen molar-refractivity contribution in [2.75, 3.05) is 6.54 Å². The molecule has 0 aliphatic carbocycles. The summed E-state index contributed by atoms with van der Waals surface area (Å²) in [4.78, 5) is 10.6. The summed E-state index contributed by atoms with van der Waals surface area (Å²) in [7, 11) is 0. The number of halogens is 3. The lowest BCUT2D eigenvalue weighted by atomic mass is 10.1. The molecule has 1 aromatic rings. The van der Waals surface area contributed by atoms with E-state index in [-0.39, 0.29) is 17.2 Å². The number of ether oxygens (including phenoxy) is 1. The van der Waals surface area contributed by atoms with E-state index >= 15 is 0 Å². The average molecular weight is 289 g/mol. The molecule has 0 spiro atoms. The number of hydrogen-bond donors (Lipinski definition) is 2. The molecule has 110 valence electrons. The van der Waals surface area contributed by atoms with Crippen molar-refractivity contribution in [3.05, 3.63) is 29.8 Å². The number of phenolic OH excluding ortho intramolecular Hbond substituents is 1. The highest BCUT2D eigenvalue weighted by atomic mass is 19.4. The number of rotatable bonds is 5. The highest BCUT2D eigenvalue weighted by molar-refractivity contribution is 5.72. The summed E-state index contributed by atoms with van der Waals surface area (Å²) in [6.07, 6.45) is -1.38. The maximum absolute atomic E-state index is 12.2. The van der Waals surface area contributed by atoms with E-state index in [1.165, 1.54) is 13.0 Å². The molecular weight excluding hydrogens is 275 g/mol. The van der Waals surface area contributed by atoms with E-state index in [1.807, 2.05) is 0 Å². The van der Waals surface area contributed by atoms with Gasteiger partial charge in [-0.05, 0) is 24.6 Å². The molecular formula is C13H14F3NO3. The van der Waals surface area contributed by atoms with Crippen molar-refractivity contribution in [2.24, 2.45) is 0 Å². The van der Waals surface area contributed by atoms with Crippen LogP contribution in [-0.2, 0) is 4.79 Å². The van der Waals surface area contributed by atoms with Crippen LogP contribution in [0, 0.1) is 0 Å². The summed E-state index contributed by atoms with van der Waals surface area (Å²) in [5.74, 6) is -0.746. The summed E-state index contributed by atoms with van der Waals surface area (Å²) in [6.45, 7) is 1.74. The predicted molar refractivity (Wildman–Crippen MR) is 67.1 cm³/mol. The van der Waals surface area contributed by atoms with Gasteiger partial charge in [-0.2, -0.15) is 0 Å². The van der Waals surface area contributed by atoms with Gasteiger partial charge in [0.2, 0.25) is 5.91 Å². The van der Waals surface area contributed by atoms with Gasteiger partial charge < -0.3 is 15.2 Å². The van der Waals surface area contributed by atoms with Gasteiger partial charge in [-0.1, -0.05) is 12.2 Å². The molecule has 0 atom stereocenters. The Morgan fingerprint density at radius 2 is 2.15 bits per heavy atom. The first-order valence-electron chi connectivity index (χ1n) is 5.77. The Morgan fingerprint density at radius 1 is 1.45 bits per heavy atom. The van der Waals surface area contributed by atoms with Gasteiger partial charge in [0.25, 0.3) is 0 Å². The SMILES string of the molecule is CC(=O)NCCC=Cc1cc(O)ccc1OC(F)(F)F. The average Bonchev–Trinajstić information content (AvgIpc) is 2.30. The maximum Gasteiger partial charge on any atom is 0.573 e. The number of carbonyl (C=O) groups is 1. The lowest BCUT2D eigenvalue weighted by molar-refractivity contribution is -0.274. The molecule has 0 aliphatic heterocycles. The van der Waals surface area contributed by atoms with E-state index in [2.05, 4.69) is 10.1 Å². The number of nitrogens with one attached hydrogen (secondary N) is 1. The quantitative estimate of drug-likeness (QED) is 0.819. The Morgan fingerprint density at radius 3 is 2.75 bits per heavy atom. The molecule has 0 fully saturated rings. The Bertz CT molecular complexity index is 498. The van der Waals surface area contributed by atoms with Gasteiger partial charge in [-0.25, -0.2) is 0 Å². The van der Waals surface area contributed by atoms with Crippen LogP contribution >= 0.6 is 0 Å². The molecule has 1 aromatic carbocycles. The van der Waals surface area contributed by atoms with E-state index in [4.69, 9.17) is 0 Å². The van der Waals surface area contributed by atoms with Crippen molar-refractivity contribution in [3.63, 3.8) is 0 Å². The fraction of sp³-hybridized carbons (Fsp3) is 0.308. The van der Waals surface area contributed by atoms with Crippen LogP contribution in [0.4, 0.5) is 13.2 Å². The molecule has 0 aliphatic rings. The van der Waals surface area contributed by atoms with Gasteiger partial charge in [0, 0.05) is 19.0 Å². The largest absolute Gasteiger partial charge is 0.573 e. The summed E-state index contributed by atoms with van der Waals surface area (Å²) in [6, 6.07) is 3.31. The summed E-state index contributed by atoms with van der Waals surface area (Å²) < 4.78 is 40.4. The third kappa shape index (κ3) is 6.12. The van der Waals surface area contributed by atoms with Gasteiger partial charge in [-0.3, -0.25) is 4.79 Å². The van der Waals surface area contributed by atoms with Crippen LogP contribution in [0.5, 0.6) is 11.5 Å². The highest BCUT2D eigenvalue weighted by Gasteiger charge is 2.31. The number of alkyl halides is 3. The Kier molecular flexibility index (Phi) is 5.42. The number of hydrogen-bond acceptors (Lipinski definition) is 3. The molecule has 0 heterocycles. The Balaban J connectivity index is 2.74. The molecule has 0 saturated heterocycles. The van der Waals surface area contributed by atoms with Crippen molar-refractivity contribution in [1.29, 1.82) is 0 Å². The number of carbonyl (C=O) groups excluding carboxylic acids is 1. The first-order valence-corrected chi connectivity index (χ1v) is 5.77. The number of amides is 1. The van der Waals surface area contributed by atoms with Crippen LogP contribution in [0.25, 0.3) is 6.08 Å². The summed E-state index contributed by atoms with van der Waals surface area (Å²) in [5.41, 5.74) is 0.102. The fourth-order valence-electron chi connectivity index (χ4n) is 1.43. The lowest BCUT2D eigenvalue weighted by Crippen LogP contribution is -2.20. The van der Waals surface area contributed by atoms with Crippen molar-refractivity contribution in [2.45, 2.75) is 19.7 Å². The van der Waals surface area contributed by atoms with Gasteiger partial charge in [0.15, 0.2) is 0 Å². The van der Waals surface area contributed by atoms with E-state index < -0.39 is 12.1 Å². The summed E-state index contributed by atoms with van der Waals surface area (Å²) in [5, 5.41) is 11.8. The molecule has 7 heteroatoms. The Hall–Kier alpha value is -2.18. The zero-order chi connectivity index (χ0) is 15.2. The molecule has 0 unspecified atom stereocenters. The van der Waals surface area contributed by atoms with E-state index in [1.54, 1.807) is 6.08 Å². The molecule has 0 radical (unpaired) electrons. The molecule has 0 bridgehead atoms. The Labute approximate surface area is 113 Å². The van der Waals surface area contributed by atoms with Crippen LogP contribution in [0.2, 0.25) is 0 Å². The summed E-state index contributed by atoms with van der Waals surface area (Å²) >= 11 is 0. The number of aromatic hydroxyl groups is 1. The van der Waals surface area contributed by atoms with Gasteiger partial charge in [0.05, 0.1) is 0 Å². The molecule has 0 aromatic heterocycles. The first kappa shape index (κ1) is 15.9. The van der Waals surface area contributed by atoms with E-state index in [0.29, 0.717) is 13.0 Å². The van der Waals surface area contributed by atoms with Crippen LogP contribution in [-0.4, -0.2) is 23.9 Å². The molecule has 4 nitrogen and oxygen atoms in total. The zero-order valence-electron chi connectivity index (χ0n) is 10.7. The smallest absolute Gasteiger partial charge is 0.508 e. The minimum atomic E-state index is -4.80. The minimum Gasteiger partial charge on any atom is -0.508 e. The second-order valence-corrected chi connectivity index (χ2v) is 3.94. The van der Waals surface area contributed by atoms with Crippen molar-refractivity contribution in [3.8, 4) is 11.5 Å². The highest BCUT2D eigenvalue weighted by Crippen LogP contribution is 2.29. The van der Waals surface area contributed by atoms with Gasteiger partial charge >= 0.3 is 6.36 Å². The monoisotopic (exact) mass is 289 g/mol. The zero-order valence-corrected chi connectivity index (χ0v) is 10.7. The fourth-order valence-corrected chi connectivity index (χ4v) is 1.43. The molecule has 0 saturated carbocycles. The topological polar surface area (TPSA) is 58.6 Å². The van der Waals surface area contributed by atoms with Crippen LogP contribution in [0.15, 0.2) is 24.3 Å². The minimum absolute atomic E-state index is 0.102. The van der Waals surface area contributed by atoms with Crippen molar-refractivity contribution >= 4 is 12.0 Å². The van der Waals surface area contributed by atoms with Gasteiger partial charge in [0.1, 0.15) is 11.5 Å². The van der Waals surface area contributed by atoms with Crippen molar-refractivity contribution in [1.82, 2.24) is 5.32 Å². The third-order valence-corrected chi connectivity index (χ3v) is 2.20. The lowest BCUT2D eigenvalue weighted by Gasteiger charge is -2.11. The van der Waals surface area contributed by atoms with Crippen molar-refractivity contribution < 1.29 is 27.8 Å². The second kappa shape index (κ2) is 6.83. The molecule has 1 amide bonds. The second-order valence-electron chi connectivity index (χ2n) is 3.94. The normalized spacial score (nSPS) is 11.6. The van der Waals surface area contributed by atoms with Gasteiger partial charge in [-0.15, -0.1) is 13.2 Å².